The summed E-state index contributed by atoms with van der Waals surface area (Å²) >= 11 is 0. The van der Waals surface area contributed by atoms with Crippen molar-refractivity contribution in [2.24, 2.45) is 0 Å². The first kappa shape index (κ1) is 20.2. The number of amides is 1. The van der Waals surface area contributed by atoms with Gasteiger partial charge in [0.2, 0.25) is 0 Å². The highest BCUT2D eigenvalue weighted by molar-refractivity contribution is 6.00. The number of nitrogens with one attached hydrogen (secondary N) is 3. The summed E-state index contributed by atoms with van der Waals surface area (Å²) in [6.07, 6.45) is -4.41. The number of benzene rings is 2. The number of hydrogen-bond donors (Lipinski definition) is 3. The maximum atomic E-state index is 13.5. The molecule has 1 atom stereocenters. The van der Waals surface area contributed by atoms with Gasteiger partial charge in [0.15, 0.2) is 0 Å². The van der Waals surface area contributed by atoms with E-state index in [0.29, 0.717) is 37.4 Å². The van der Waals surface area contributed by atoms with Crippen molar-refractivity contribution < 1.29 is 18.0 Å². The first-order valence-corrected chi connectivity index (χ1v) is 9.16. The average molecular weight is 392 g/mol. The molecule has 3 N–H and O–H groups in total. The van der Waals surface area contributed by atoms with Gasteiger partial charge in [-0.2, -0.15) is 13.2 Å². The molecule has 0 aromatic heterocycles. The highest BCUT2D eigenvalue weighted by atomic mass is 19.4. The molecule has 0 bridgehead atoms. The lowest BCUT2D eigenvalue weighted by Gasteiger charge is -2.36. The van der Waals surface area contributed by atoms with Crippen LogP contribution >= 0.6 is 0 Å². The van der Waals surface area contributed by atoms with Crippen LogP contribution in [0.1, 0.15) is 10.4 Å². The molecule has 0 radical (unpaired) electrons. The Labute approximate surface area is 161 Å². The van der Waals surface area contributed by atoms with Crippen molar-refractivity contribution in [1.29, 1.82) is 0 Å². The van der Waals surface area contributed by atoms with Crippen LogP contribution in [0.4, 0.5) is 24.5 Å². The minimum Gasteiger partial charge on any atom is -0.355 e. The zero-order valence-corrected chi connectivity index (χ0v) is 15.3. The van der Waals surface area contributed by atoms with Crippen molar-refractivity contribution in [1.82, 2.24) is 15.5 Å². The van der Waals surface area contributed by atoms with Gasteiger partial charge in [-0.15, -0.1) is 0 Å². The summed E-state index contributed by atoms with van der Waals surface area (Å²) in [5, 5.41) is 8.64. The minimum absolute atomic E-state index is 0.298. The first-order valence-electron chi connectivity index (χ1n) is 9.16. The Kier molecular flexibility index (Phi) is 6.53. The zero-order valence-electron chi connectivity index (χ0n) is 15.3. The number of alkyl halides is 3. The number of nitrogens with zero attached hydrogens (tertiary/aromatic N) is 1. The van der Waals surface area contributed by atoms with Gasteiger partial charge in [-0.1, -0.05) is 30.3 Å². The number of carbonyl (C=O) groups is 1. The van der Waals surface area contributed by atoms with Gasteiger partial charge >= 0.3 is 6.18 Å². The lowest BCUT2D eigenvalue weighted by Crippen LogP contribution is -2.57. The van der Waals surface area contributed by atoms with E-state index in [1.807, 2.05) is 30.3 Å². The molecule has 1 heterocycles. The molecule has 0 spiro atoms. The van der Waals surface area contributed by atoms with Crippen molar-refractivity contribution in [3.63, 3.8) is 0 Å². The second kappa shape index (κ2) is 9.07. The quantitative estimate of drug-likeness (QED) is 0.708. The topological polar surface area (TPSA) is 56.4 Å². The van der Waals surface area contributed by atoms with Gasteiger partial charge in [-0.05, 0) is 24.3 Å². The fourth-order valence-electron chi connectivity index (χ4n) is 3.20. The summed E-state index contributed by atoms with van der Waals surface area (Å²) in [4.78, 5) is 14.0. The number of hydrogen-bond acceptors (Lipinski definition) is 4. The molecule has 3 rings (SSSR count). The van der Waals surface area contributed by atoms with Crippen LogP contribution in [0.2, 0.25) is 0 Å². The Morgan fingerprint density at radius 3 is 2.36 bits per heavy atom. The lowest BCUT2D eigenvalue weighted by atomic mass is 10.1. The third-order valence-electron chi connectivity index (χ3n) is 4.65. The van der Waals surface area contributed by atoms with Crippen LogP contribution < -0.4 is 16.0 Å². The summed E-state index contributed by atoms with van der Waals surface area (Å²) in [6, 6.07) is 14.3. The second-order valence-corrected chi connectivity index (χ2v) is 6.59. The fourth-order valence-corrected chi connectivity index (χ4v) is 3.20. The van der Waals surface area contributed by atoms with E-state index in [1.54, 1.807) is 24.3 Å². The number of para-hydroxylation sites is 2. The number of piperazine rings is 1. The molecule has 2 aromatic carbocycles. The molecule has 2 aromatic rings. The first-order chi connectivity index (χ1) is 13.4. The Morgan fingerprint density at radius 2 is 1.68 bits per heavy atom. The van der Waals surface area contributed by atoms with Crippen LogP contribution in [0.5, 0.6) is 0 Å². The van der Waals surface area contributed by atoms with Gasteiger partial charge in [0, 0.05) is 38.4 Å². The molecule has 8 heteroatoms. The second-order valence-electron chi connectivity index (χ2n) is 6.59. The standard InChI is InChI=1S/C20H23F3N4O/c21-20(22,23)18(27-12-10-24-11-13-27)14-25-19(28)16-8-4-5-9-17(16)26-15-6-2-1-3-7-15/h1-9,18,24,26H,10-14H2,(H,25,28). The van der Waals surface area contributed by atoms with Crippen molar-refractivity contribution >= 4 is 17.3 Å². The van der Waals surface area contributed by atoms with Crippen LogP contribution in [-0.4, -0.2) is 55.7 Å². The molecule has 1 unspecified atom stereocenters. The van der Waals surface area contributed by atoms with E-state index in [1.165, 1.54) is 4.90 Å². The highest BCUT2D eigenvalue weighted by Gasteiger charge is 2.43. The van der Waals surface area contributed by atoms with E-state index in [9.17, 15) is 18.0 Å². The van der Waals surface area contributed by atoms with Crippen molar-refractivity contribution in [3.05, 3.63) is 60.2 Å². The average Bonchev–Trinajstić information content (AvgIpc) is 2.69. The Morgan fingerprint density at radius 1 is 1.04 bits per heavy atom. The van der Waals surface area contributed by atoms with E-state index >= 15 is 0 Å². The van der Waals surface area contributed by atoms with E-state index in [-0.39, 0.29) is 0 Å². The summed E-state index contributed by atoms with van der Waals surface area (Å²) in [6.45, 7) is 1.12. The molecule has 28 heavy (non-hydrogen) atoms. The highest BCUT2D eigenvalue weighted by Crippen LogP contribution is 2.25. The van der Waals surface area contributed by atoms with Gasteiger partial charge in [-0.3, -0.25) is 9.69 Å². The summed E-state index contributed by atoms with van der Waals surface area (Å²) in [5.41, 5.74) is 1.63. The molecule has 5 nitrogen and oxygen atoms in total. The molecule has 0 aliphatic carbocycles. The van der Waals surface area contributed by atoms with Crippen molar-refractivity contribution in [3.8, 4) is 0 Å². The van der Waals surface area contributed by atoms with E-state index in [4.69, 9.17) is 0 Å². The Balaban J connectivity index is 1.70. The number of carbonyl (C=O) groups excluding carboxylic acids is 1. The largest absolute Gasteiger partial charge is 0.405 e. The van der Waals surface area contributed by atoms with Gasteiger partial charge in [0.1, 0.15) is 6.04 Å². The molecule has 1 amide bonds. The summed E-state index contributed by atoms with van der Waals surface area (Å²) < 4.78 is 40.5. The number of rotatable bonds is 6. The van der Waals surface area contributed by atoms with Gasteiger partial charge in [0.05, 0.1) is 11.3 Å². The van der Waals surface area contributed by atoms with Crippen LogP contribution in [-0.2, 0) is 0 Å². The zero-order chi connectivity index (χ0) is 20.0. The SMILES string of the molecule is O=C(NCC(N1CCNCC1)C(F)(F)F)c1ccccc1Nc1ccccc1. The molecule has 1 aliphatic heterocycles. The normalized spacial score (nSPS) is 16.4. The maximum absolute atomic E-state index is 13.5. The Hall–Kier alpha value is -2.58. The summed E-state index contributed by atoms with van der Waals surface area (Å²) in [5.74, 6) is -0.539. The Bertz CT molecular complexity index is 777. The third-order valence-corrected chi connectivity index (χ3v) is 4.65. The van der Waals surface area contributed by atoms with Gasteiger partial charge in [-0.25, -0.2) is 0 Å². The monoisotopic (exact) mass is 392 g/mol. The van der Waals surface area contributed by atoms with Crippen LogP contribution in [0.25, 0.3) is 0 Å². The van der Waals surface area contributed by atoms with E-state index < -0.39 is 24.7 Å². The van der Waals surface area contributed by atoms with Gasteiger partial charge in [0.25, 0.3) is 5.91 Å². The molecular formula is C20H23F3N4O. The molecule has 1 fully saturated rings. The fraction of sp³-hybridized carbons (Fsp3) is 0.350. The van der Waals surface area contributed by atoms with Gasteiger partial charge < -0.3 is 16.0 Å². The third kappa shape index (κ3) is 5.24. The summed E-state index contributed by atoms with van der Waals surface area (Å²) in [7, 11) is 0. The maximum Gasteiger partial charge on any atom is 0.405 e. The van der Waals surface area contributed by atoms with E-state index in [0.717, 1.165) is 5.69 Å². The van der Waals surface area contributed by atoms with Crippen molar-refractivity contribution in [2.75, 3.05) is 38.0 Å². The van der Waals surface area contributed by atoms with Crippen LogP contribution in [0, 0.1) is 0 Å². The molecule has 150 valence electrons. The molecule has 1 aliphatic rings. The predicted molar refractivity (Wildman–Crippen MR) is 103 cm³/mol. The molecular weight excluding hydrogens is 369 g/mol. The smallest absolute Gasteiger partial charge is 0.355 e. The number of anilines is 2. The van der Waals surface area contributed by atoms with Crippen LogP contribution in [0.3, 0.4) is 0 Å². The molecule has 0 saturated carbocycles. The van der Waals surface area contributed by atoms with Crippen molar-refractivity contribution in [2.45, 2.75) is 12.2 Å². The minimum atomic E-state index is -4.41. The molecule has 1 saturated heterocycles. The lowest BCUT2D eigenvalue weighted by molar-refractivity contribution is -0.183. The van der Waals surface area contributed by atoms with Crippen LogP contribution in [0.15, 0.2) is 54.6 Å². The number of halogens is 3. The predicted octanol–water partition coefficient (Wildman–Crippen LogP) is 3.00. The van der Waals surface area contributed by atoms with E-state index in [2.05, 4.69) is 16.0 Å².